The molecule has 3 saturated heterocycles. The van der Waals surface area contributed by atoms with Gasteiger partial charge >= 0.3 is 0 Å². The highest BCUT2D eigenvalue weighted by Gasteiger charge is 2.43. The Balaban J connectivity index is 1.30. The lowest BCUT2D eigenvalue weighted by atomic mass is 9.77. The number of aryl methyl sites for hydroxylation is 1. The molecule has 5 rings (SSSR count). The summed E-state index contributed by atoms with van der Waals surface area (Å²) in [5, 5.41) is 3.26. The molecule has 3 aliphatic rings. The molecule has 0 unspecified atom stereocenters. The van der Waals surface area contributed by atoms with Gasteiger partial charge in [0.2, 0.25) is 17.7 Å². The van der Waals surface area contributed by atoms with Crippen LogP contribution in [0.3, 0.4) is 0 Å². The molecule has 5 atom stereocenters. The first-order valence-electron chi connectivity index (χ1n) is 15.0. The number of aromatic nitrogens is 2. The van der Waals surface area contributed by atoms with E-state index in [0.29, 0.717) is 50.7 Å². The van der Waals surface area contributed by atoms with Gasteiger partial charge in [-0.1, -0.05) is 26.8 Å². The number of pyridine rings is 1. The summed E-state index contributed by atoms with van der Waals surface area (Å²) in [5.41, 5.74) is 2.90. The van der Waals surface area contributed by atoms with Gasteiger partial charge in [0.1, 0.15) is 5.65 Å². The number of likely N-dealkylation sites (tertiary alicyclic amines) is 1. The van der Waals surface area contributed by atoms with Crippen molar-refractivity contribution in [3.63, 3.8) is 0 Å². The minimum atomic E-state index is 0.0874. The quantitative estimate of drug-likeness (QED) is 0.644. The molecule has 1 N–H and O–H groups in total. The van der Waals surface area contributed by atoms with Crippen LogP contribution in [0.1, 0.15) is 77.0 Å². The Morgan fingerprint density at radius 2 is 1.97 bits per heavy atom. The zero-order valence-corrected chi connectivity index (χ0v) is 24.1. The fourth-order valence-corrected chi connectivity index (χ4v) is 7.11. The lowest BCUT2D eigenvalue weighted by molar-refractivity contribution is -0.146. The molecule has 2 bridgehead atoms. The number of fused-ring (bicyclic) bond motifs is 5. The average Bonchev–Trinajstić information content (AvgIpc) is 3.30. The van der Waals surface area contributed by atoms with E-state index in [1.807, 2.05) is 40.8 Å². The van der Waals surface area contributed by atoms with Crippen LogP contribution in [0.15, 0.2) is 24.5 Å². The minimum absolute atomic E-state index is 0.0874. The number of piperidine rings is 2. The molecule has 0 aliphatic carbocycles. The molecule has 5 heterocycles. The largest absolute Gasteiger partial charge is 0.353 e. The second-order valence-corrected chi connectivity index (χ2v) is 12.8. The Kier molecular flexibility index (Phi) is 8.29. The fourth-order valence-electron chi connectivity index (χ4n) is 7.11. The van der Waals surface area contributed by atoms with Crippen LogP contribution in [-0.4, -0.2) is 68.6 Å². The van der Waals surface area contributed by atoms with Crippen molar-refractivity contribution in [1.29, 1.82) is 0 Å². The summed E-state index contributed by atoms with van der Waals surface area (Å²) in [6.07, 6.45) is 9.63. The highest BCUT2D eigenvalue weighted by molar-refractivity contribution is 5.79. The van der Waals surface area contributed by atoms with Gasteiger partial charge in [0, 0.05) is 57.0 Å². The summed E-state index contributed by atoms with van der Waals surface area (Å²) >= 11 is 0. The van der Waals surface area contributed by atoms with Gasteiger partial charge in [0.25, 0.3) is 0 Å². The molecule has 2 aromatic rings. The van der Waals surface area contributed by atoms with Crippen molar-refractivity contribution in [2.24, 2.45) is 23.7 Å². The Morgan fingerprint density at radius 3 is 2.77 bits per heavy atom. The SMILES string of the molecule is Cc1cccn2c(CC(=O)N3C[C@@H]4C[C@H](C3)[C@@H]3CCCC(=O)N[C@H](C(C)C)CC[C@@H](C)CC(=O)N3C4)cnc12. The van der Waals surface area contributed by atoms with Crippen LogP contribution in [0.25, 0.3) is 5.65 Å². The number of carbonyl (C=O) groups excluding carboxylic acids is 3. The lowest BCUT2D eigenvalue weighted by Crippen LogP contribution is -2.60. The van der Waals surface area contributed by atoms with E-state index in [1.165, 1.54) is 0 Å². The van der Waals surface area contributed by atoms with Crippen molar-refractivity contribution in [3.8, 4) is 0 Å². The third kappa shape index (κ3) is 6.15. The first-order valence-corrected chi connectivity index (χ1v) is 15.0. The van der Waals surface area contributed by atoms with E-state index in [4.69, 9.17) is 0 Å². The minimum Gasteiger partial charge on any atom is -0.353 e. The second kappa shape index (κ2) is 11.7. The molecule has 8 heteroatoms. The van der Waals surface area contributed by atoms with Crippen LogP contribution in [0.4, 0.5) is 0 Å². The van der Waals surface area contributed by atoms with Crippen molar-refractivity contribution in [1.82, 2.24) is 24.5 Å². The third-order valence-electron chi connectivity index (χ3n) is 9.33. The summed E-state index contributed by atoms with van der Waals surface area (Å²) in [6, 6.07) is 4.27. The van der Waals surface area contributed by atoms with E-state index >= 15 is 0 Å². The topological polar surface area (TPSA) is 87.0 Å². The van der Waals surface area contributed by atoms with Gasteiger partial charge in [-0.05, 0) is 74.3 Å². The van der Waals surface area contributed by atoms with Crippen molar-refractivity contribution in [3.05, 3.63) is 35.8 Å². The van der Waals surface area contributed by atoms with Gasteiger partial charge in [-0.25, -0.2) is 4.98 Å². The van der Waals surface area contributed by atoms with Gasteiger partial charge in [0.05, 0.1) is 12.1 Å². The predicted molar refractivity (Wildman–Crippen MR) is 151 cm³/mol. The molecule has 3 aliphatic heterocycles. The Morgan fingerprint density at radius 1 is 1.15 bits per heavy atom. The molecule has 2 aromatic heterocycles. The summed E-state index contributed by atoms with van der Waals surface area (Å²) in [6.45, 7) is 10.6. The molecular weight excluding hydrogens is 490 g/mol. The van der Waals surface area contributed by atoms with Crippen molar-refractivity contribution in [2.75, 3.05) is 19.6 Å². The number of nitrogens with zero attached hydrogens (tertiary/aromatic N) is 4. The standard InChI is InChI=1S/C31H45N5O3/c1-20(2)26-11-10-21(3)13-30(39)36-18-23-14-24(27(36)8-5-9-28(37)33-26)19-34(17-23)29(38)15-25-16-32-31-22(4)7-6-12-35(25)31/h6-7,12,16,20-21,23-24,26-27H,5,8-11,13-15,17-19H2,1-4H3,(H,33,37)/t21-,23+,24-,26+,27+/m1/s1. The van der Waals surface area contributed by atoms with Gasteiger partial charge in [0.15, 0.2) is 0 Å². The molecule has 3 fully saturated rings. The second-order valence-electron chi connectivity index (χ2n) is 12.8. The van der Waals surface area contributed by atoms with E-state index in [2.05, 4.69) is 36.0 Å². The fraction of sp³-hybridized carbons (Fsp3) is 0.677. The highest BCUT2D eigenvalue weighted by atomic mass is 16.2. The van der Waals surface area contributed by atoms with Crippen molar-refractivity contribution >= 4 is 23.4 Å². The number of rotatable bonds is 3. The lowest BCUT2D eigenvalue weighted by Gasteiger charge is -2.51. The van der Waals surface area contributed by atoms with Crippen LogP contribution in [0.2, 0.25) is 0 Å². The molecule has 0 aromatic carbocycles. The van der Waals surface area contributed by atoms with E-state index in [1.54, 1.807) is 0 Å². The van der Waals surface area contributed by atoms with Gasteiger partial charge < -0.3 is 19.5 Å². The molecule has 39 heavy (non-hydrogen) atoms. The zero-order chi connectivity index (χ0) is 27.7. The van der Waals surface area contributed by atoms with Crippen LogP contribution in [-0.2, 0) is 20.8 Å². The van der Waals surface area contributed by atoms with Gasteiger partial charge in [-0.2, -0.15) is 0 Å². The number of nitrogens with one attached hydrogen (secondary N) is 1. The van der Waals surface area contributed by atoms with E-state index < -0.39 is 0 Å². The highest BCUT2D eigenvalue weighted by Crippen LogP contribution is 2.37. The maximum Gasteiger partial charge on any atom is 0.228 e. The smallest absolute Gasteiger partial charge is 0.228 e. The van der Waals surface area contributed by atoms with E-state index in [9.17, 15) is 14.4 Å². The Labute approximate surface area is 232 Å². The van der Waals surface area contributed by atoms with Gasteiger partial charge in [-0.3, -0.25) is 14.4 Å². The molecule has 0 spiro atoms. The maximum atomic E-state index is 13.6. The van der Waals surface area contributed by atoms with E-state index in [0.717, 1.165) is 49.0 Å². The molecule has 8 nitrogen and oxygen atoms in total. The molecule has 212 valence electrons. The first-order chi connectivity index (χ1) is 18.7. The summed E-state index contributed by atoms with van der Waals surface area (Å²) in [4.78, 5) is 48.6. The predicted octanol–water partition coefficient (Wildman–Crippen LogP) is 3.99. The van der Waals surface area contributed by atoms with Crippen molar-refractivity contribution in [2.45, 2.75) is 91.1 Å². The monoisotopic (exact) mass is 535 g/mol. The molecule has 0 radical (unpaired) electrons. The van der Waals surface area contributed by atoms with Crippen LogP contribution >= 0.6 is 0 Å². The summed E-state index contributed by atoms with van der Waals surface area (Å²) in [7, 11) is 0. The van der Waals surface area contributed by atoms with Crippen molar-refractivity contribution < 1.29 is 14.4 Å². The average molecular weight is 536 g/mol. The normalized spacial score (nSPS) is 28.9. The maximum absolute atomic E-state index is 13.6. The number of amides is 3. The zero-order valence-electron chi connectivity index (χ0n) is 24.1. The Bertz CT molecular complexity index is 1210. The van der Waals surface area contributed by atoms with E-state index in [-0.39, 0.29) is 41.6 Å². The number of hydrogen-bond donors (Lipinski definition) is 1. The molecular formula is C31H45N5O3. The number of hydrogen-bond acceptors (Lipinski definition) is 4. The summed E-state index contributed by atoms with van der Waals surface area (Å²) < 4.78 is 2.02. The molecule has 0 saturated carbocycles. The van der Waals surface area contributed by atoms with Gasteiger partial charge in [-0.15, -0.1) is 0 Å². The van der Waals surface area contributed by atoms with Crippen LogP contribution < -0.4 is 5.32 Å². The molecule has 3 amide bonds. The first kappa shape index (κ1) is 27.7. The number of carbonyl (C=O) groups is 3. The van der Waals surface area contributed by atoms with Crippen LogP contribution in [0.5, 0.6) is 0 Å². The number of imidazole rings is 1. The summed E-state index contributed by atoms with van der Waals surface area (Å²) in [5.74, 6) is 1.72. The third-order valence-corrected chi connectivity index (χ3v) is 9.33. The van der Waals surface area contributed by atoms with Crippen LogP contribution in [0, 0.1) is 30.6 Å². The Hall–Kier alpha value is -2.90.